The van der Waals surface area contributed by atoms with Crippen LogP contribution in [0.15, 0.2) is 22.8 Å². The minimum atomic E-state index is -0.198. The van der Waals surface area contributed by atoms with Gasteiger partial charge in [0.15, 0.2) is 4.60 Å². The van der Waals surface area contributed by atoms with Gasteiger partial charge in [0, 0.05) is 7.05 Å². The predicted octanol–water partition coefficient (Wildman–Crippen LogP) is 2.33. The third kappa shape index (κ3) is 2.30. The quantitative estimate of drug-likeness (QED) is 0.946. The topological polar surface area (TPSA) is 42.7 Å². The van der Waals surface area contributed by atoms with Gasteiger partial charge >= 0.3 is 0 Å². The number of hydrogen-bond donors (Lipinski definition) is 1. The molecule has 18 heavy (non-hydrogen) atoms. The summed E-state index contributed by atoms with van der Waals surface area (Å²) < 4.78 is 15.7. The van der Waals surface area contributed by atoms with Crippen LogP contribution in [0.25, 0.3) is 0 Å². The summed E-state index contributed by atoms with van der Waals surface area (Å²) in [5, 5.41) is 11.1. The first-order chi connectivity index (χ1) is 8.54. The monoisotopic (exact) mass is 312 g/mol. The molecular weight excluding hydrogens is 299 g/mol. The van der Waals surface area contributed by atoms with Gasteiger partial charge in [0.25, 0.3) is 0 Å². The number of hydrogen-bond acceptors (Lipinski definition) is 3. The lowest BCUT2D eigenvalue weighted by atomic mass is 10.0. The molecule has 1 heterocycles. The van der Waals surface area contributed by atoms with Gasteiger partial charge in [-0.1, -0.05) is 17.3 Å². The molecule has 1 unspecified atom stereocenters. The van der Waals surface area contributed by atoms with Gasteiger partial charge in [-0.3, -0.25) is 0 Å². The SMILES string of the molecule is CNC(c1ccc(F)c(C)c1)c1c(Br)nnn1C. The number of rotatable bonds is 3. The van der Waals surface area contributed by atoms with Crippen molar-refractivity contribution in [2.45, 2.75) is 13.0 Å². The number of nitrogens with zero attached hydrogens (tertiary/aromatic N) is 3. The second-order valence-electron chi connectivity index (χ2n) is 4.12. The molecule has 0 aliphatic rings. The molecular formula is C12H14BrFN4. The van der Waals surface area contributed by atoms with E-state index in [1.807, 2.05) is 20.2 Å². The molecule has 0 saturated carbocycles. The molecule has 6 heteroatoms. The Labute approximate surface area is 113 Å². The minimum absolute atomic E-state index is 0.0846. The zero-order valence-corrected chi connectivity index (χ0v) is 12.0. The molecule has 0 amide bonds. The maximum absolute atomic E-state index is 13.3. The van der Waals surface area contributed by atoms with Crippen molar-refractivity contribution in [1.82, 2.24) is 20.3 Å². The van der Waals surface area contributed by atoms with Gasteiger partial charge in [0.05, 0.1) is 11.7 Å². The van der Waals surface area contributed by atoms with Crippen LogP contribution < -0.4 is 5.32 Å². The minimum Gasteiger partial charge on any atom is -0.308 e. The van der Waals surface area contributed by atoms with Crippen LogP contribution >= 0.6 is 15.9 Å². The van der Waals surface area contributed by atoms with Crippen LogP contribution in [0.3, 0.4) is 0 Å². The van der Waals surface area contributed by atoms with Gasteiger partial charge in [0.2, 0.25) is 0 Å². The van der Waals surface area contributed by atoms with Crippen molar-refractivity contribution in [1.29, 1.82) is 0 Å². The second-order valence-corrected chi connectivity index (χ2v) is 4.87. The lowest BCUT2D eigenvalue weighted by Gasteiger charge is -2.17. The maximum Gasteiger partial charge on any atom is 0.153 e. The summed E-state index contributed by atoms with van der Waals surface area (Å²) in [6, 6.07) is 4.99. The van der Waals surface area contributed by atoms with E-state index in [1.54, 1.807) is 17.7 Å². The van der Waals surface area contributed by atoms with Crippen LogP contribution in [0, 0.1) is 12.7 Å². The summed E-state index contributed by atoms with van der Waals surface area (Å²) in [5.41, 5.74) is 2.50. The summed E-state index contributed by atoms with van der Waals surface area (Å²) in [6.07, 6.45) is 0. The molecule has 1 atom stereocenters. The normalized spacial score (nSPS) is 12.7. The van der Waals surface area contributed by atoms with E-state index in [0.717, 1.165) is 11.3 Å². The van der Waals surface area contributed by atoms with Crippen LogP contribution in [-0.4, -0.2) is 22.0 Å². The van der Waals surface area contributed by atoms with E-state index < -0.39 is 0 Å². The molecule has 0 spiro atoms. The molecule has 96 valence electrons. The van der Waals surface area contributed by atoms with Crippen molar-refractivity contribution >= 4 is 15.9 Å². The summed E-state index contributed by atoms with van der Waals surface area (Å²) >= 11 is 3.38. The fraction of sp³-hybridized carbons (Fsp3) is 0.333. The van der Waals surface area contributed by atoms with Crippen LogP contribution in [0.5, 0.6) is 0 Å². The van der Waals surface area contributed by atoms with Crippen molar-refractivity contribution in [2.75, 3.05) is 7.05 Å². The van der Waals surface area contributed by atoms with E-state index in [1.165, 1.54) is 6.07 Å². The Kier molecular flexibility index (Phi) is 3.77. The Morgan fingerprint density at radius 2 is 2.17 bits per heavy atom. The molecule has 0 saturated heterocycles. The number of benzene rings is 1. The first-order valence-corrected chi connectivity index (χ1v) is 6.32. The first-order valence-electron chi connectivity index (χ1n) is 5.53. The molecule has 1 aromatic carbocycles. The largest absolute Gasteiger partial charge is 0.308 e. The lowest BCUT2D eigenvalue weighted by Crippen LogP contribution is -2.21. The van der Waals surface area contributed by atoms with E-state index >= 15 is 0 Å². The van der Waals surface area contributed by atoms with Crippen LogP contribution in [0.2, 0.25) is 0 Å². The highest BCUT2D eigenvalue weighted by Crippen LogP contribution is 2.27. The summed E-state index contributed by atoms with van der Waals surface area (Å²) in [6.45, 7) is 1.75. The zero-order chi connectivity index (χ0) is 13.3. The molecule has 0 bridgehead atoms. The summed E-state index contributed by atoms with van der Waals surface area (Å²) in [5.74, 6) is -0.198. The molecule has 4 nitrogen and oxygen atoms in total. The highest BCUT2D eigenvalue weighted by atomic mass is 79.9. The summed E-state index contributed by atoms with van der Waals surface area (Å²) in [7, 11) is 3.68. The van der Waals surface area contributed by atoms with Gasteiger partial charge in [0.1, 0.15) is 5.82 Å². The fourth-order valence-corrected chi connectivity index (χ4v) is 2.51. The van der Waals surface area contributed by atoms with Gasteiger partial charge in [-0.2, -0.15) is 0 Å². The second kappa shape index (κ2) is 5.16. The average molecular weight is 313 g/mol. The van der Waals surface area contributed by atoms with Gasteiger partial charge in [-0.15, -0.1) is 5.10 Å². The van der Waals surface area contributed by atoms with E-state index in [4.69, 9.17) is 0 Å². The number of aryl methyl sites for hydroxylation is 2. The first kappa shape index (κ1) is 13.2. The number of nitrogens with one attached hydrogen (secondary N) is 1. The predicted molar refractivity (Wildman–Crippen MR) is 70.7 cm³/mol. The Morgan fingerprint density at radius 1 is 1.44 bits per heavy atom. The highest BCUT2D eigenvalue weighted by Gasteiger charge is 2.20. The average Bonchev–Trinajstić information content (AvgIpc) is 2.66. The van der Waals surface area contributed by atoms with E-state index in [-0.39, 0.29) is 11.9 Å². The number of halogens is 2. The maximum atomic E-state index is 13.3. The smallest absolute Gasteiger partial charge is 0.153 e. The van der Waals surface area contributed by atoms with Crippen molar-refractivity contribution < 1.29 is 4.39 Å². The molecule has 0 fully saturated rings. The van der Waals surface area contributed by atoms with Crippen LogP contribution in [0.4, 0.5) is 4.39 Å². The van der Waals surface area contributed by atoms with E-state index in [9.17, 15) is 4.39 Å². The zero-order valence-electron chi connectivity index (χ0n) is 10.4. The van der Waals surface area contributed by atoms with Crippen LogP contribution in [0.1, 0.15) is 22.9 Å². The van der Waals surface area contributed by atoms with Crippen molar-refractivity contribution in [3.63, 3.8) is 0 Å². The van der Waals surface area contributed by atoms with Crippen molar-refractivity contribution in [3.05, 3.63) is 45.4 Å². The molecule has 1 aromatic heterocycles. The molecule has 1 N–H and O–H groups in total. The molecule has 0 aliphatic carbocycles. The molecule has 0 radical (unpaired) electrons. The lowest BCUT2D eigenvalue weighted by molar-refractivity contribution is 0.590. The third-order valence-corrected chi connectivity index (χ3v) is 3.47. The Morgan fingerprint density at radius 3 is 2.67 bits per heavy atom. The summed E-state index contributed by atoms with van der Waals surface area (Å²) in [4.78, 5) is 0. The van der Waals surface area contributed by atoms with Crippen molar-refractivity contribution in [3.8, 4) is 0 Å². The highest BCUT2D eigenvalue weighted by molar-refractivity contribution is 9.10. The van der Waals surface area contributed by atoms with Gasteiger partial charge < -0.3 is 5.32 Å². The third-order valence-electron chi connectivity index (χ3n) is 2.90. The number of aromatic nitrogens is 3. The fourth-order valence-electron chi connectivity index (χ4n) is 1.95. The Balaban J connectivity index is 2.48. The Bertz CT molecular complexity index is 548. The Hall–Kier alpha value is -1.27. The standard InChI is InChI=1S/C12H14BrFN4/c1-7-6-8(4-5-9(7)14)10(15-2)11-12(13)16-17-18(11)3/h4-6,10,15H,1-3H3. The van der Waals surface area contributed by atoms with E-state index in [0.29, 0.717) is 10.2 Å². The van der Waals surface area contributed by atoms with Crippen molar-refractivity contribution in [2.24, 2.45) is 7.05 Å². The molecule has 2 rings (SSSR count). The van der Waals surface area contributed by atoms with Crippen LogP contribution in [-0.2, 0) is 7.05 Å². The molecule has 0 aliphatic heterocycles. The van der Waals surface area contributed by atoms with Gasteiger partial charge in [-0.25, -0.2) is 9.07 Å². The van der Waals surface area contributed by atoms with E-state index in [2.05, 4.69) is 31.6 Å². The van der Waals surface area contributed by atoms with Gasteiger partial charge in [-0.05, 0) is 47.1 Å². The molecule has 2 aromatic rings.